The third kappa shape index (κ3) is 6.14. The zero-order chi connectivity index (χ0) is 28.8. The third-order valence-electron chi connectivity index (χ3n) is 6.53. The second-order valence-electron chi connectivity index (χ2n) is 9.04. The SMILES string of the molecule is COc1ccc(N(c2ccc(OC)cc2)c2ccc(-c3ccc(-c4ccc(/C=C(/C#N)C(=O)O)cc4)s3)cc2)cc1. The lowest BCUT2D eigenvalue weighted by Crippen LogP contribution is -2.09. The molecule has 5 rings (SSSR count). The number of nitrogens with zero attached hydrogens (tertiary/aromatic N) is 2. The number of anilines is 3. The predicted molar refractivity (Wildman–Crippen MR) is 164 cm³/mol. The fraction of sp³-hybridized carbons (Fsp3) is 0.0588. The number of hydrogen-bond acceptors (Lipinski definition) is 6. The molecule has 0 aliphatic carbocycles. The first-order chi connectivity index (χ1) is 20.0. The Morgan fingerprint density at radius 3 is 1.51 bits per heavy atom. The van der Waals surface area contributed by atoms with E-state index in [1.165, 1.54) is 6.08 Å². The van der Waals surface area contributed by atoms with E-state index in [9.17, 15) is 4.79 Å². The number of methoxy groups -OCH3 is 2. The van der Waals surface area contributed by atoms with Gasteiger partial charge in [0.15, 0.2) is 0 Å². The van der Waals surface area contributed by atoms with Crippen molar-refractivity contribution in [3.05, 3.63) is 120 Å². The number of aliphatic carboxylic acids is 1. The summed E-state index contributed by atoms with van der Waals surface area (Å²) in [5, 5.41) is 18.1. The third-order valence-corrected chi connectivity index (χ3v) is 7.72. The lowest BCUT2D eigenvalue weighted by molar-refractivity contribution is -0.132. The second-order valence-corrected chi connectivity index (χ2v) is 10.1. The van der Waals surface area contributed by atoms with Gasteiger partial charge in [-0.2, -0.15) is 5.26 Å². The molecule has 0 aliphatic heterocycles. The molecular formula is C34H26N2O4S. The van der Waals surface area contributed by atoms with Crippen LogP contribution in [0, 0.1) is 11.3 Å². The van der Waals surface area contributed by atoms with Gasteiger partial charge in [-0.1, -0.05) is 36.4 Å². The van der Waals surface area contributed by atoms with E-state index in [-0.39, 0.29) is 5.57 Å². The van der Waals surface area contributed by atoms with Crippen LogP contribution in [0.25, 0.3) is 27.0 Å². The molecule has 6 nitrogen and oxygen atoms in total. The summed E-state index contributed by atoms with van der Waals surface area (Å²) in [6.45, 7) is 0. The minimum absolute atomic E-state index is 0.294. The van der Waals surface area contributed by atoms with Gasteiger partial charge in [0, 0.05) is 26.8 Å². The fourth-order valence-corrected chi connectivity index (χ4v) is 5.40. The molecular weight excluding hydrogens is 532 g/mol. The van der Waals surface area contributed by atoms with Crippen molar-refractivity contribution in [1.29, 1.82) is 5.26 Å². The van der Waals surface area contributed by atoms with E-state index >= 15 is 0 Å². The molecule has 1 N–H and O–H groups in total. The molecule has 0 radical (unpaired) electrons. The molecule has 0 amide bonds. The van der Waals surface area contributed by atoms with Gasteiger partial charge in [0.1, 0.15) is 23.1 Å². The van der Waals surface area contributed by atoms with Crippen LogP contribution in [-0.4, -0.2) is 25.3 Å². The van der Waals surface area contributed by atoms with Gasteiger partial charge in [-0.25, -0.2) is 4.79 Å². The van der Waals surface area contributed by atoms with Crippen LogP contribution in [0.4, 0.5) is 17.1 Å². The Labute approximate surface area is 242 Å². The van der Waals surface area contributed by atoms with Crippen LogP contribution in [0.15, 0.2) is 115 Å². The number of carboxylic acid groups (broad SMARTS) is 1. The van der Waals surface area contributed by atoms with Crippen molar-refractivity contribution in [3.63, 3.8) is 0 Å². The Kier molecular flexibility index (Phi) is 8.14. The van der Waals surface area contributed by atoms with Crippen LogP contribution in [0.1, 0.15) is 5.56 Å². The van der Waals surface area contributed by atoms with Gasteiger partial charge in [0.05, 0.1) is 14.2 Å². The maximum atomic E-state index is 11.1. The highest BCUT2D eigenvalue weighted by Gasteiger charge is 2.14. The molecule has 0 aliphatic rings. The minimum Gasteiger partial charge on any atom is -0.497 e. The number of rotatable bonds is 9. The van der Waals surface area contributed by atoms with Crippen LogP contribution in [0.5, 0.6) is 11.5 Å². The number of benzene rings is 4. The van der Waals surface area contributed by atoms with Gasteiger partial charge in [-0.15, -0.1) is 11.3 Å². The minimum atomic E-state index is -1.23. The van der Waals surface area contributed by atoms with Gasteiger partial charge in [-0.05, 0) is 95.6 Å². The highest BCUT2D eigenvalue weighted by atomic mass is 32.1. The van der Waals surface area contributed by atoms with Crippen molar-refractivity contribution in [2.45, 2.75) is 0 Å². The number of ether oxygens (including phenoxy) is 2. The Morgan fingerprint density at radius 1 is 0.707 bits per heavy atom. The Bertz CT molecular complexity index is 1670. The molecule has 4 aromatic carbocycles. The first kappa shape index (κ1) is 27.3. The normalized spacial score (nSPS) is 11.0. The first-order valence-electron chi connectivity index (χ1n) is 12.7. The van der Waals surface area contributed by atoms with Crippen LogP contribution < -0.4 is 14.4 Å². The maximum Gasteiger partial charge on any atom is 0.346 e. The molecule has 0 bridgehead atoms. The van der Waals surface area contributed by atoms with Crippen molar-refractivity contribution in [3.8, 4) is 38.4 Å². The van der Waals surface area contributed by atoms with E-state index in [2.05, 4.69) is 41.3 Å². The van der Waals surface area contributed by atoms with Gasteiger partial charge in [0.25, 0.3) is 0 Å². The molecule has 0 spiro atoms. The number of thiophene rings is 1. The highest BCUT2D eigenvalue weighted by molar-refractivity contribution is 7.18. The van der Waals surface area contributed by atoms with Crippen molar-refractivity contribution >= 4 is 40.4 Å². The van der Waals surface area contributed by atoms with Gasteiger partial charge >= 0.3 is 5.97 Å². The lowest BCUT2D eigenvalue weighted by atomic mass is 10.1. The summed E-state index contributed by atoms with van der Waals surface area (Å²) in [5.74, 6) is 0.359. The summed E-state index contributed by atoms with van der Waals surface area (Å²) in [5.41, 5.74) is 5.53. The average molecular weight is 559 g/mol. The summed E-state index contributed by atoms with van der Waals surface area (Å²) in [6.07, 6.45) is 1.37. The Balaban J connectivity index is 1.41. The lowest BCUT2D eigenvalue weighted by Gasteiger charge is -2.26. The molecule has 202 valence electrons. The largest absolute Gasteiger partial charge is 0.497 e. The second kappa shape index (κ2) is 12.2. The van der Waals surface area contributed by atoms with Crippen molar-refractivity contribution in [1.82, 2.24) is 0 Å². The summed E-state index contributed by atoms with van der Waals surface area (Å²) in [6, 6.07) is 37.8. The molecule has 0 unspecified atom stereocenters. The zero-order valence-electron chi connectivity index (χ0n) is 22.4. The molecule has 1 aromatic heterocycles. The van der Waals surface area contributed by atoms with E-state index in [4.69, 9.17) is 19.8 Å². The Hall–Kier alpha value is -5.32. The van der Waals surface area contributed by atoms with Gasteiger partial charge in [-0.3, -0.25) is 0 Å². The topological polar surface area (TPSA) is 82.8 Å². The summed E-state index contributed by atoms with van der Waals surface area (Å²) >= 11 is 1.68. The zero-order valence-corrected chi connectivity index (χ0v) is 23.3. The summed E-state index contributed by atoms with van der Waals surface area (Å²) in [4.78, 5) is 15.5. The molecule has 5 aromatic rings. The molecule has 0 saturated heterocycles. The fourth-order valence-electron chi connectivity index (χ4n) is 4.38. The standard InChI is InChI=1S/C34H26N2O4S/c1-39-30-15-11-28(12-16-30)36(29-13-17-31(40-2)18-14-29)27-9-7-25(8-10-27)33-20-19-32(41-33)24-5-3-23(4-6-24)21-26(22-35)34(37)38/h3-21H,1-2H3,(H,37,38)/b26-21-. The smallest absolute Gasteiger partial charge is 0.346 e. The van der Waals surface area contributed by atoms with Crippen LogP contribution in [-0.2, 0) is 4.79 Å². The molecule has 1 heterocycles. The number of carboxylic acids is 1. The number of carbonyl (C=O) groups is 1. The highest BCUT2D eigenvalue weighted by Crippen LogP contribution is 2.39. The van der Waals surface area contributed by atoms with Crippen LogP contribution >= 0.6 is 11.3 Å². The Morgan fingerprint density at radius 2 is 1.12 bits per heavy atom. The van der Waals surface area contributed by atoms with Crippen LogP contribution in [0.3, 0.4) is 0 Å². The molecule has 0 atom stereocenters. The monoisotopic (exact) mass is 558 g/mol. The van der Waals surface area contributed by atoms with E-state index in [0.29, 0.717) is 5.56 Å². The number of nitriles is 1. The predicted octanol–water partition coefficient (Wildman–Crippen LogP) is 8.56. The van der Waals surface area contributed by atoms with Crippen LogP contribution in [0.2, 0.25) is 0 Å². The number of hydrogen-bond donors (Lipinski definition) is 1. The summed E-state index contributed by atoms with van der Waals surface area (Å²) in [7, 11) is 3.32. The van der Waals surface area contributed by atoms with Crippen molar-refractivity contribution in [2.75, 3.05) is 19.1 Å². The maximum absolute atomic E-state index is 11.1. The molecule has 41 heavy (non-hydrogen) atoms. The summed E-state index contributed by atoms with van der Waals surface area (Å²) < 4.78 is 10.7. The average Bonchev–Trinajstić information content (AvgIpc) is 3.52. The van der Waals surface area contributed by atoms with Gasteiger partial charge in [0.2, 0.25) is 0 Å². The van der Waals surface area contributed by atoms with E-state index in [1.54, 1.807) is 31.6 Å². The van der Waals surface area contributed by atoms with E-state index in [0.717, 1.165) is 49.4 Å². The van der Waals surface area contributed by atoms with Crippen molar-refractivity contribution < 1.29 is 19.4 Å². The quantitative estimate of drug-likeness (QED) is 0.144. The van der Waals surface area contributed by atoms with Gasteiger partial charge < -0.3 is 19.5 Å². The van der Waals surface area contributed by atoms with E-state index in [1.807, 2.05) is 72.8 Å². The van der Waals surface area contributed by atoms with E-state index < -0.39 is 5.97 Å². The molecule has 0 saturated carbocycles. The van der Waals surface area contributed by atoms with Crippen molar-refractivity contribution in [2.24, 2.45) is 0 Å². The molecule has 7 heteroatoms. The molecule has 0 fully saturated rings. The first-order valence-corrected chi connectivity index (χ1v) is 13.5.